The maximum absolute atomic E-state index is 11.6. The number of amides is 1. The Kier molecular flexibility index (Phi) is 2.86. The fourth-order valence-electron chi connectivity index (χ4n) is 2.75. The molecule has 0 spiro atoms. The van der Waals surface area contributed by atoms with Crippen LogP contribution in [0, 0.1) is 6.92 Å². The van der Waals surface area contributed by atoms with Gasteiger partial charge >= 0.3 is 0 Å². The number of hydrogen-bond acceptors (Lipinski definition) is 4. The van der Waals surface area contributed by atoms with Crippen molar-refractivity contribution in [2.75, 3.05) is 24.5 Å². The van der Waals surface area contributed by atoms with Gasteiger partial charge in [-0.3, -0.25) is 4.79 Å². The van der Waals surface area contributed by atoms with Crippen molar-refractivity contribution in [2.24, 2.45) is 0 Å². The average Bonchev–Trinajstić information content (AvgIpc) is 2.69. The van der Waals surface area contributed by atoms with Crippen molar-refractivity contribution >= 4 is 23.3 Å². The summed E-state index contributed by atoms with van der Waals surface area (Å²) < 4.78 is 0. The summed E-state index contributed by atoms with van der Waals surface area (Å²) in [6, 6.07) is 2.28. The summed E-state index contributed by atoms with van der Waals surface area (Å²) in [5, 5.41) is 0.287. The Bertz CT molecular complexity index is 473. The van der Waals surface area contributed by atoms with Gasteiger partial charge in [0.1, 0.15) is 5.82 Å². The topological polar surface area (TPSA) is 49.3 Å². The number of aromatic nitrogens is 2. The predicted molar refractivity (Wildman–Crippen MR) is 68.7 cm³/mol. The lowest BCUT2D eigenvalue weighted by atomic mass is 10.1. The number of carbonyl (C=O) groups is 1. The van der Waals surface area contributed by atoms with Crippen molar-refractivity contribution in [3.05, 3.63) is 17.0 Å². The normalized spacial score (nSPS) is 23.4. The van der Waals surface area contributed by atoms with Crippen LogP contribution in [-0.4, -0.2) is 46.5 Å². The second-order valence-electron chi connectivity index (χ2n) is 4.86. The molecule has 1 unspecified atom stereocenters. The maximum atomic E-state index is 11.6. The zero-order chi connectivity index (χ0) is 12.7. The number of piperazine rings is 1. The van der Waals surface area contributed by atoms with Gasteiger partial charge in [0.15, 0.2) is 0 Å². The minimum atomic E-state index is 0.287. The molecule has 0 aromatic carbocycles. The Morgan fingerprint density at radius 3 is 3.00 bits per heavy atom. The number of hydrogen-bond donors (Lipinski definition) is 0. The first kappa shape index (κ1) is 11.7. The highest BCUT2D eigenvalue weighted by Gasteiger charge is 2.35. The molecule has 3 rings (SSSR count). The highest BCUT2D eigenvalue weighted by Crippen LogP contribution is 2.26. The van der Waals surface area contributed by atoms with Gasteiger partial charge in [0, 0.05) is 43.9 Å². The van der Waals surface area contributed by atoms with Crippen LogP contribution in [0.15, 0.2) is 6.07 Å². The number of halogens is 1. The molecule has 1 aromatic heterocycles. The van der Waals surface area contributed by atoms with Gasteiger partial charge in [-0.25, -0.2) is 9.97 Å². The fourth-order valence-corrected chi connectivity index (χ4v) is 2.97. The Balaban J connectivity index is 1.80. The first-order chi connectivity index (χ1) is 8.63. The Morgan fingerprint density at radius 1 is 1.39 bits per heavy atom. The largest absolute Gasteiger partial charge is 0.353 e. The molecule has 96 valence electrons. The second kappa shape index (κ2) is 4.39. The quantitative estimate of drug-likeness (QED) is 0.718. The predicted octanol–water partition coefficient (Wildman–Crippen LogP) is 1.25. The molecule has 2 aliphatic rings. The average molecular weight is 267 g/mol. The molecule has 1 atom stereocenters. The Morgan fingerprint density at radius 2 is 2.22 bits per heavy atom. The summed E-state index contributed by atoms with van der Waals surface area (Å²) in [5.74, 6) is 1.16. The third-order valence-corrected chi connectivity index (χ3v) is 3.80. The zero-order valence-corrected chi connectivity index (χ0v) is 11.0. The van der Waals surface area contributed by atoms with Crippen LogP contribution < -0.4 is 4.90 Å². The summed E-state index contributed by atoms with van der Waals surface area (Å²) in [4.78, 5) is 24.1. The molecule has 3 heterocycles. The molecule has 1 amide bonds. The molecule has 2 fully saturated rings. The summed E-state index contributed by atoms with van der Waals surface area (Å²) >= 11 is 5.89. The van der Waals surface area contributed by atoms with E-state index in [1.54, 1.807) is 0 Å². The van der Waals surface area contributed by atoms with Gasteiger partial charge in [-0.2, -0.15) is 0 Å². The molecule has 0 radical (unpaired) electrons. The Labute approximate surface area is 111 Å². The fraction of sp³-hybridized carbons (Fsp3) is 0.583. The maximum Gasteiger partial charge on any atom is 0.224 e. The van der Waals surface area contributed by atoms with E-state index in [1.807, 2.05) is 17.9 Å². The van der Waals surface area contributed by atoms with Gasteiger partial charge < -0.3 is 9.80 Å². The zero-order valence-electron chi connectivity index (χ0n) is 10.3. The van der Waals surface area contributed by atoms with Gasteiger partial charge in [-0.15, -0.1) is 0 Å². The van der Waals surface area contributed by atoms with Gasteiger partial charge in [0.05, 0.1) is 0 Å². The third-order valence-electron chi connectivity index (χ3n) is 3.63. The lowest BCUT2D eigenvalue weighted by Crippen LogP contribution is -2.51. The van der Waals surface area contributed by atoms with Crippen molar-refractivity contribution in [3.63, 3.8) is 0 Å². The monoisotopic (exact) mass is 266 g/mol. The summed E-state index contributed by atoms with van der Waals surface area (Å²) in [7, 11) is 0. The molecule has 0 N–H and O–H groups in total. The first-order valence-corrected chi connectivity index (χ1v) is 6.57. The SMILES string of the molecule is Cc1cc(N2CCN3C(=O)CCC3C2)nc(Cl)n1. The molecule has 0 aliphatic carbocycles. The van der Waals surface area contributed by atoms with Crippen molar-refractivity contribution in [3.8, 4) is 0 Å². The van der Waals surface area contributed by atoms with Crippen molar-refractivity contribution < 1.29 is 4.79 Å². The summed E-state index contributed by atoms with van der Waals surface area (Å²) in [6.45, 7) is 4.35. The number of anilines is 1. The number of fused-ring (bicyclic) bond motifs is 1. The van der Waals surface area contributed by atoms with Crippen LogP contribution in [0.1, 0.15) is 18.5 Å². The first-order valence-electron chi connectivity index (χ1n) is 6.19. The van der Waals surface area contributed by atoms with E-state index >= 15 is 0 Å². The van der Waals surface area contributed by atoms with Crippen LogP contribution in [0.3, 0.4) is 0 Å². The van der Waals surface area contributed by atoms with Gasteiger partial charge in [0.25, 0.3) is 0 Å². The molecular weight excluding hydrogens is 252 g/mol. The van der Waals surface area contributed by atoms with Crippen LogP contribution in [0.5, 0.6) is 0 Å². The lowest BCUT2D eigenvalue weighted by Gasteiger charge is -2.38. The molecule has 2 saturated heterocycles. The molecule has 0 bridgehead atoms. The number of carbonyl (C=O) groups excluding carboxylic acids is 1. The molecule has 18 heavy (non-hydrogen) atoms. The molecule has 0 saturated carbocycles. The third kappa shape index (κ3) is 2.03. The van der Waals surface area contributed by atoms with E-state index in [-0.39, 0.29) is 11.2 Å². The van der Waals surface area contributed by atoms with E-state index in [1.165, 1.54) is 0 Å². The highest BCUT2D eigenvalue weighted by atomic mass is 35.5. The van der Waals surface area contributed by atoms with Crippen LogP contribution >= 0.6 is 11.6 Å². The van der Waals surface area contributed by atoms with E-state index < -0.39 is 0 Å². The molecule has 6 heteroatoms. The van der Waals surface area contributed by atoms with E-state index in [0.29, 0.717) is 12.5 Å². The van der Waals surface area contributed by atoms with Gasteiger partial charge in [-0.1, -0.05) is 0 Å². The highest BCUT2D eigenvalue weighted by molar-refractivity contribution is 6.28. The molecular formula is C12H15ClN4O. The minimum Gasteiger partial charge on any atom is -0.353 e. The van der Waals surface area contributed by atoms with Gasteiger partial charge in [0.2, 0.25) is 11.2 Å². The van der Waals surface area contributed by atoms with Crippen molar-refractivity contribution in [1.29, 1.82) is 0 Å². The summed E-state index contributed by atoms with van der Waals surface area (Å²) in [6.07, 6.45) is 1.63. The smallest absolute Gasteiger partial charge is 0.224 e. The van der Waals surface area contributed by atoms with E-state index in [0.717, 1.165) is 37.6 Å². The van der Waals surface area contributed by atoms with Gasteiger partial charge in [-0.05, 0) is 24.9 Å². The number of rotatable bonds is 1. The Hall–Kier alpha value is -1.36. The number of nitrogens with zero attached hydrogens (tertiary/aromatic N) is 4. The van der Waals surface area contributed by atoms with Crippen molar-refractivity contribution in [1.82, 2.24) is 14.9 Å². The van der Waals surface area contributed by atoms with Crippen LogP contribution in [-0.2, 0) is 4.79 Å². The van der Waals surface area contributed by atoms with Crippen molar-refractivity contribution in [2.45, 2.75) is 25.8 Å². The molecule has 5 nitrogen and oxygen atoms in total. The van der Waals surface area contributed by atoms with E-state index in [4.69, 9.17) is 11.6 Å². The van der Waals surface area contributed by atoms with E-state index in [2.05, 4.69) is 14.9 Å². The summed E-state index contributed by atoms with van der Waals surface area (Å²) in [5.41, 5.74) is 0.870. The van der Waals surface area contributed by atoms with Crippen LogP contribution in [0.2, 0.25) is 5.28 Å². The number of aryl methyl sites for hydroxylation is 1. The standard InChI is InChI=1S/C12H15ClN4O/c1-8-6-10(15-12(13)14-8)16-4-5-17-9(7-16)2-3-11(17)18/h6,9H,2-5,7H2,1H3. The molecule has 1 aromatic rings. The van der Waals surface area contributed by atoms with Crippen LogP contribution in [0.4, 0.5) is 5.82 Å². The minimum absolute atomic E-state index is 0.287. The molecule has 2 aliphatic heterocycles. The van der Waals surface area contributed by atoms with E-state index in [9.17, 15) is 4.79 Å². The lowest BCUT2D eigenvalue weighted by molar-refractivity contribution is -0.129. The second-order valence-corrected chi connectivity index (χ2v) is 5.20. The van der Waals surface area contributed by atoms with Crippen LogP contribution in [0.25, 0.3) is 0 Å².